The standard InChI is InChI=1S/C25H29N3O3/c1-25(2,3)30-24(29)28-17-20(19-12-8-5-9-13-19)16-21(28)23-26-22(27-31-23)15-14-18-10-6-4-7-11-18/h4-13,20-21H,14-17H2,1-3H3/t20-,21+/m1/s1. The highest BCUT2D eigenvalue weighted by atomic mass is 16.6. The monoisotopic (exact) mass is 419 g/mol. The van der Waals surface area contributed by atoms with Gasteiger partial charge in [-0.1, -0.05) is 65.8 Å². The van der Waals surface area contributed by atoms with E-state index < -0.39 is 5.60 Å². The summed E-state index contributed by atoms with van der Waals surface area (Å²) < 4.78 is 11.3. The van der Waals surface area contributed by atoms with Crippen LogP contribution in [0.5, 0.6) is 0 Å². The Bertz CT molecular complexity index is 996. The summed E-state index contributed by atoms with van der Waals surface area (Å²) in [5.74, 6) is 1.33. The quantitative estimate of drug-likeness (QED) is 0.560. The number of nitrogens with zero attached hydrogens (tertiary/aromatic N) is 3. The van der Waals surface area contributed by atoms with E-state index in [9.17, 15) is 4.79 Å². The highest BCUT2D eigenvalue weighted by molar-refractivity contribution is 5.69. The van der Waals surface area contributed by atoms with Gasteiger partial charge in [0.1, 0.15) is 11.6 Å². The number of likely N-dealkylation sites (tertiary alicyclic amines) is 1. The Labute approximate surface area is 183 Å². The molecule has 2 atom stereocenters. The average Bonchev–Trinajstić information content (AvgIpc) is 3.40. The molecule has 1 aromatic heterocycles. The minimum Gasteiger partial charge on any atom is -0.444 e. The van der Waals surface area contributed by atoms with E-state index >= 15 is 0 Å². The molecular weight excluding hydrogens is 390 g/mol. The molecular formula is C25H29N3O3. The molecule has 1 amide bonds. The van der Waals surface area contributed by atoms with E-state index in [4.69, 9.17) is 9.26 Å². The van der Waals surface area contributed by atoms with Crippen molar-refractivity contribution in [2.24, 2.45) is 0 Å². The summed E-state index contributed by atoms with van der Waals surface area (Å²) in [6, 6.07) is 20.2. The second kappa shape index (κ2) is 8.92. The van der Waals surface area contributed by atoms with Crippen LogP contribution in [0.4, 0.5) is 4.79 Å². The van der Waals surface area contributed by atoms with Gasteiger partial charge < -0.3 is 9.26 Å². The number of carbonyl (C=O) groups is 1. The van der Waals surface area contributed by atoms with E-state index in [0.29, 0.717) is 24.7 Å². The van der Waals surface area contributed by atoms with Crippen molar-refractivity contribution in [2.45, 2.75) is 57.6 Å². The molecule has 162 valence electrons. The van der Waals surface area contributed by atoms with Crippen molar-refractivity contribution < 1.29 is 14.1 Å². The van der Waals surface area contributed by atoms with Crippen LogP contribution < -0.4 is 0 Å². The van der Waals surface area contributed by atoms with Crippen LogP contribution in [0.3, 0.4) is 0 Å². The van der Waals surface area contributed by atoms with Crippen LogP contribution in [-0.2, 0) is 17.6 Å². The first kappa shape index (κ1) is 21.1. The Hall–Kier alpha value is -3.15. The summed E-state index contributed by atoms with van der Waals surface area (Å²) >= 11 is 0. The molecule has 0 bridgehead atoms. The Morgan fingerprint density at radius 2 is 1.74 bits per heavy atom. The number of ether oxygens (including phenoxy) is 1. The molecule has 2 heterocycles. The zero-order chi connectivity index (χ0) is 21.8. The molecule has 31 heavy (non-hydrogen) atoms. The molecule has 0 N–H and O–H groups in total. The Morgan fingerprint density at radius 3 is 2.42 bits per heavy atom. The molecule has 4 rings (SSSR count). The van der Waals surface area contributed by atoms with E-state index in [1.165, 1.54) is 11.1 Å². The lowest BCUT2D eigenvalue weighted by atomic mass is 9.96. The van der Waals surface area contributed by atoms with Gasteiger partial charge in [0.05, 0.1) is 0 Å². The van der Waals surface area contributed by atoms with Gasteiger partial charge >= 0.3 is 6.09 Å². The van der Waals surface area contributed by atoms with Crippen LogP contribution in [0.15, 0.2) is 65.2 Å². The lowest BCUT2D eigenvalue weighted by Crippen LogP contribution is -2.36. The second-order valence-corrected chi connectivity index (χ2v) is 9.03. The number of aromatic nitrogens is 2. The first-order valence-electron chi connectivity index (χ1n) is 10.8. The second-order valence-electron chi connectivity index (χ2n) is 9.03. The zero-order valence-electron chi connectivity index (χ0n) is 18.3. The van der Waals surface area contributed by atoms with E-state index in [1.807, 2.05) is 57.2 Å². The fraction of sp³-hybridized carbons (Fsp3) is 0.400. The van der Waals surface area contributed by atoms with Crippen LogP contribution >= 0.6 is 0 Å². The number of carbonyl (C=O) groups excluding carboxylic acids is 1. The Kier molecular flexibility index (Phi) is 6.07. The molecule has 1 saturated heterocycles. The molecule has 1 fully saturated rings. The van der Waals surface area contributed by atoms with Crippen LogP contribution in [0, 0.1) is 0 Å². The van der Waals surface area contributed by atoms with Gasteiger partial charge in [-0.15, -0.1) is 0 Å². The minimum atomic E-state index is -0.567. The summed E-state index contributed by atoms with van der Waals surface area (Å²) in [4.78, 5) is 19.3. The van der Waals surface area contributed by atoms with Crippen molar-refractivity contribution in [3.8, 4) is 0 Å². The maximum absolute atomic E-state index is 13.0. The predicted molar refractivity (Wildman–Crippen MR) is 118 cm³/mol. The van der Waals surface area contributed by atoms with Gasteiger partial charge in [-0.2, -0.15) is 4.98 Å². The van der Waals surface area contributed by atoms with Crippen molar-refractivity contribution in [1.29, 1.82) is 0 Å². The molecule has 6 nitrogen and oxygen atoms in total. The smallest absolute Gasteiger partial charge is 0.410 e. The van der Waals surface area contributed by atoms with Crippen molar-refractivity contribution in [2.75, 3.05) is 6.54 Å². The average molecular weight is 420 g/mol. The van der Waals surface area contributed by atoms with Gasteiger partial charge in [0.2, 0.25) is 5.89 Å². The summed E-state index contributed by atoms with van der Waals surface area (Å²) in [6.07, 6.45) is 1.91. The SMILES string of the molecule is CC(C)(C)OC(=O)N1C[C@H](c2ccccc2)C[C@H]1c1nc(CCc2ccccc2)no1. The topological polar surface area (TPSA) is 68.5 Å². The summed E-state index contributed by atoms with van der Waals surface area (Å²) in [7, 11) is 0. The van der Waals surface area contributed by atoms with Gasteiger partial charge in [-0.05, 0) is 44.7 Å². The normalized spacial score (nSPS) is 18.9. The van der Waals surface area contributed by atoms with E-state index in [0.717, 1.165) is 12.8 Å². The third kappa shape index (κ3) is 5.32. The number of benzene rings is 2. The van der Waals surface area contributed by atoms with Crippen molar-refractivity contribution in [1.82, 2.24) is 15.0 Å². The van der Waals surface area contributed by atoms with Crippen LogP contribution in [0.2, 0.25) is 0 Å². The Balaban J connectivity index is 1.52. The number of aryl methyl sites for hydroxylation is 2. The van der Waals surface area contributed by atoms with Crippen LogP contribution in [-0.4, -0.2) is 33.3 Å². The van der Waals surface area contributed by atoms with Crippen molar-refractivity contribution in [3.63, 3.8) is 0 Å². The maximum Gasteiger partial charge on any atom is 0.410 e. The lowest BCUT2D eigenvalue weighted by Gasteiger charge is -2.27. The van der Waals surface area contributed by atoms with Gasteiger partial charge in [0.15, 0.2) is 5.82 Å². The fourth-order valence-corrected chi connectivity index (χ4v) is 3.96. The highest BCUT2D eigenvalue weighted by Gasteiger charge is 2.41. The van der Waals surface area contributed by atoms with E-state index in [-0.39, 0.29) is 18.1 Å². The number of amides is 1. The van der Waals surface area contributed by atoms with Crippen LogP contribution in [0.25, 0.3) is 0 Å². The summed E-state index contributed by atoms with van der Waals surface area (Å²) in [5.41, 5.74) is 1.86. The molecule has 3 aromatic rings. The van der Waals surface area contributed by atoms with Gasteiger partial charge in [-0.3, -0.25) is 4.90 Å². The molecule has 0 radical (unpaired) electrons. The lowest BCUT2D eigenvalue weighted by molar-refractivity contribution is 0.0198. The van der Waals surface area contributed by atoms with E-state index in [2.05, 4.69) is 34.4 Å². The van der Waals surface area contributed by atoms with Crippen LogP contribution in [0.1, 0.15) is 62.0 Å². The third-order valence-electron chi connectivity index (χ3n) is 5.45. The number of rotatable bonds is 5. The highest BCUT2D eigenvalue weighted by Crippen LogP contribution is 2.40. The summed E-state index contributed by atoms with van der Waals surface area (Å²) in [5, 5.41) is 4.18. The van der Waals surface area contributed by atoms with Crippen molar-refractivity contribution >= 4 is 6.09 Å². The maximum atomic E-state index is 13.0. The minimum absolute atomic E-state index is 0.193. The van der Waals surface area contributed by atoms with E-state index in [1.54, 1.807) is 4.90 Å². The largest absolute Gasteiger partial charge is 0.444 e. The molecule has 1 aliphatic heterocycles. The molecule has 0 aliphatic carbocycles. The summed E-state index contributed by atoms with van der Waals surface area (Å²) in [6.45, 7) is 6.18. The number of hydrogen-bond donors (Lipinski definition) is 0. The molecule has 6 heteroatoms. The Morgan fingerprint density at radius 1 is 1.06 bits per heavy atom. The van der Waals surface area contributed by atoms with Gasteiger partial charge in [0.25, 0.3) is 0 Å². The molecule has 0 unspecified atom stereocenters. The molecule has 0 spiro atoms. The van der Waals surface area contributed by atoms with Crippen molar-refractivity contribution in [3.05, 3.63) is 83.5 Å². The molecule has 2 aromatic carbocycles. The number of hydrogen-bond acceptors (Lipinski definition) is 5. The first-order chi connectivity index (χ1) is 14.9. The zero-order valence-corrected chi connectivity index (χ0v) is 18.3. The van der Waals surface area contributed by atoms with Gasteiger partial charge in [-0.25, -0.2) is 4.79 Å². The van der Waals surface area contributed by atoms with Gasteiger partial charge in [0, 0.05) is 18.9 Å². The molecule has 0 saturated carbocycles. The third-order valence-corrected chi connectivity index (χ3v) is 5.45. The first-order valence-corrected chi connectivity index (χ1v) is 10.8. The fourth-order valence-electron chi connectivity index (χ4n) is 3.96. The molecule has 1 aliphatic rings. The predicted octanol–water partition coefficient (Wildman–Crippen LogP) is 5.32.